The van der Waals surface area contributed by atoms with Crippen LogP contribution in [0.4, 0.5) is 0 Å². The van der Waals surface area contributed by atoms with Gasteiger partial charge in [0.1, 0.15) is 0 Å². The molecule has 2 unspecified atom stereocenters. The van der Waals surface area contributed by atoms with Gasteiger partial charge >= 0.3 is 0 Å². The van der Waals surface area contributed by atoms with Crippen molar-refractivity contribution in [2.24, 2.45) is 4.99 Å². The van der Waals surface area contributed by atoms with Crippen molar-refractivity contribution in [1.29, 1.82) is 0 Å². The largest absolute Gasteiger partial charge is 0.377 e. The van der Waals surface area contributed by atoms with Crippen molar-refractivity contribution >= 4 is 17.6 Å². The van der Waals surface area contributed by atoms with Gasteiger partial charge in [-0.3, -0.25) is 9.67 Å². The van der Waals surface area contributed by atoms with Crippen LogP contribution in [-0.4, -0.2) is 61.3 Å². The molecular formula is C21H30ClN5O2. The van der Waals surface area contributed by atoms with E-state index in [0.29, 0.717) is 26.3 Å². The molecule has 0 radical (unpaired) electrons. The van der Waals surface area contributed by atoms with Crippen molar-refractivity contribution in [2.75, 3.05) is 39.5 Å². The highest BCUT2D eigenvalue weighted by molar-refractivity contribution is 6.30. The van der Waals surface area contributed by atoms with Gasteiger partial charge in [-0.1, -0.05) is 23.7 Å². The molecule has 0 saturated carbocycles. The van der Waals surface area contributed by atoms with Gasteiger partial charge in [0.15, 0.2) is 5.96 Å². The molecule has 7 nitrogen and oxygen atoms in total. The van der Waals surface area contributed by atoms with Crippen LogP contribution in [0.15, 0.2) is 47.7 Å². The van der Waals surface area contributed by atoms with Crippen LogP contribution in [0.5, 0.6) is 0 Å². The number of benzene rings is 1. The zero-order valence-corrected chi connectivity index (χ0v) is 17.6. The first-order valence-electron chi connectivity index (χ1n) is 10.2. The number of nitrogens with zero attached hydrogens (tertiary/aromatic N) is 3. The van der Waals surface area contributed by atoms with Gasteiger partial charge < -0.3 is 20.1 Å². The highest BCUT2D eigenvalue weighted by atomic mass is 35.5. The fourth-order valence-corrected chi connectivity index (χ4v) is 3.37. The molecule has 29 heavy (non-hydrogen) atoms. The van der Waals surface area contributed by atoms with Gasteiger partial charge in [0.25, 0.3) is 0 Å². The van der Waals surface area contributed by atoms with E-state index in [1.807, 2.05) is 41.2 Å². The summed E-state index contributed by atoms with van der Waals surface area (Å²) in [6.07, 6.45) is 6.22. The highest BCUT2D eigenvalue weighted by Gasteiger charge is 2.16. The maximum absolute atomic E-state index is 6.04. The molecule has 1 saturated heterocycles. The van der Waals surface area contributed by atoms with E-state index in [2.05, 4.69) is 22.7 Å². The molecule has 8 heteroatoms. The maximum Gasteiger partial charge on any atom is 0.191 e. The van der Waals surface area contributed by atoms with Crippen molar-refractivity contribution in [3.05, 3.63) is 53.3 Å². The Morgan fingerprint density at radius 3 is 2.93 bits per heavy atom. The van der Waals surface area contributed by atoms with Crippen LogP contribution in [0, 0.1) is 0 Å². The van der Waals surface area contributed by atoms with Crippen molar-refractivity contribution in [1.82, 2.24) is 20.4 Å². The SMILES string of the molecule is CCNC(=NCC(c1ccc(Cl)cc1)n1cccn1)NCCOCC1CCCO1. The molecule has 2 atom stereocenters. The molecule has 158 valence electrons. The summed E-state index contributed by atoms with van der Waals surface area (Å²) in [5.41, 5.74) is 1.11. The number of ether oxygens (including phenoxy) is 2. The number of nitrogens with one attached hydrogen (secondary N) is 2. The number of guanidine groups is 1. The molecule has 0 amide bonds. The van der Waals surface area contributed by atoms with Crippen LogP contribution in [0.3, 0.4) is 0 Å². The standard InChI is InChI=1S/C21H30ClN5O2/c1-2-23-21(24-11-14-28-16-19-5-3-13-29-19)25-15-20(27-12-4-10-26-27)17-6-8-18(22)9-7-17/h4,6-10,12,19-20H,2-3,5,11,13-16H2,1H3,(H2,23,24,25). The molecule has 1 aliphatic rings. The van der Waals surface area contributed by atoms with Gasteiger partial charge in [0.2, 0.25) is 0 Å². The van der Waals surface area contributed by atoms with E-state index in [4.69, 9.17) is 26.1 Å². The van der Waals surface area contributed by atoms with E-state index < -0.39 is 0 Å². The van der Waals surface area contributed by atoms with Crippen LogP contribution >= 0.6 is 11.6 Å². The number of hydrogen-bond donors (Lipinski definition) is 2. The van der Waals surface area contributed by atoms with E-state index in [1.54, 1.807) is 6.20 Å². The monoisotopic (exact) mass is 419 g/mol. The zero-order valence-electron chi connectivity index (χ0n) is 16.9. The third-order valence-electron chi connectivity index (χ3n) is 4.73. The summed E-state index contributed by atoms with van der Waals surface area (Å²) >= 11 is 6.04. The van der Waals surface area contributed by atoms with Crippen LogP contribution in [-0.2, 0) is 9.47 Å². The van der Waals surface area contributed by atoms with E-state index in [9.17, 15) is 0 Å². The minimum absolute atomic E-state index is 0.00603. The molecule has 1 aromatic carbocycles. The fourth-order valence-electron chi connectivity index (χ4n) is 3.24. The first-order chi connectivity index (χ1) is 14.3. The first kappa shape index (κ1) is 21.6. The third kappa shape index (κ3) is 7.03. The number of aromatic nitrogens is 2. The Kier molecular flexibility index (Phi) is 8.80. The molecule has 1 aliphatic heterocycles. The quantitative estimate of drug-likeness (QED) is 0.352. The van der Waals surface area contributed by atoms with Crippen LogP contribution in [0.1, 0.15) is 31.4 Å². The predicted octanol–water partition coefficient (Wildman–Crippen LogP) is 2.88. The lowest BCUT2D eigenvalue weighted by Crippen LogP contribution is -2.39. The van der Waals surface area contributed by atoms with Crippen molar-refractivity contribution in [3.8, 4) is 0 Å². The minimum Gasteiger partial charge on any atom is -0.377 e. The second-order valence-corrected chi connectivity index (χ2v) is 7.35. The molecule has 1 aromatic heterocycles. The number of hydrogen-bond acceptors (Lipinski definition) is 4. The normalized spacial score (nSPS) is 18.0. The van der Waals surface area contributed by atoms with Gasteiger partial charge in [-0.25, -0.2) is 0 Å². The zero-order chi connectivity index (χ0) is 20.3. The lowest BCUT2D eigenvalue weighted by Gasteiger charge is -2.18. The molecule has 3 rings (SSSR count). The van der Waals surface area contributed by atoms with Crippen LogP contribution in [0.2, 0.25) is 5.02 Å². The summed E-state index contributed by atoms with van der Waals surface area (Å²) in [6.45, 7) is 6.21. The number of aliphatic imine (C=N–C) groups is 1. The Labute approximate surface area is 177 Å². The molecule has 2 heterocycles. The molecule has 1 fully saturated rings. The minimum atomic E-state index is -0.00603. The Morgan fingerprint density at radius 2 is 2.24 bits per heavy atom. The predicted molar refractivity (Wildman–Crippen MR) is 116 cm³/mol. The van der Waals surface area contributed by atoms with Gasteiger partial charge in [0, 0.05) is 37.1 Å². The van der Waals surface area contributed by atoms with Crippen molar-refractivity contribution in [3.63, 3.8) is 0 Å². The summed E-state index contributed by atoms with van der Waals surface area (Å²) in [7, 11) is 0. The molecule has 0 aliphatic carbocycles. The van der Waals surface area contributed by atoms with Gasteiger partial charge in [0.05, 0.1) is 31.9 Å². The molecular weight excluding hydrogens is 390 g/mol. The lowest BCUT2D eigenvalue weighted by molar-refractivity contribution is 0.0191. The fraction of sp³-hybridized carbons (Fsp3) is 0.524. The smallest absolute Gasteiger partial charge is 0.191 e. The molecule has 0 bridgehead atoms. The van der Waals surface area contributed by atoms with E-state index in [-0.39, 0.29) is 12.1 Å². The Balaban J connectivity index is 1.54. The second-order valence-electron chi connectivity index (χ2n) is 6.91. The number of halogens is 1. The second kappa shape index (κ2) is 11.8. The third-order valence-corrected chi connectivity index (χ3v) is 4.98. The van der Waals surface area contributed by atoms with Crippen molar-refractivity contribution in [2.45, 2.75) is 31.9 Å². The topological polar surface area (TPSA) is 72.7 Å². The van der Waals surface area contributed by atoms with E-state index >= 15 is 0 Å². The molecule has 2 N–H and O–H groups in total. The Hall–Kier alpha value is -2.09. The van der Waals surface area contributed by atoms with Gasteiger partial charge in [-0.2, -0.15) is 5.10 Å². The summed E-state index contributed by atoms with van der Waals surface area (Å²) < 4.78 is 13.2. The van der Waals surface area contributed by atoms with Gasteiger partial charge in [-0.15, -0.1) is 0 Å². The van der Waals surface area contributed by atoms with Crippen LogP contribution < -0.4 is 10.6 Å². The Morgan fingerprint density at radius 1 is 1.38 bits per heavy atom. The summed E-state index contributed by atoms with van der Waals surface area (Å²) in [6, 6.07) is 9.74. The van der Waals surface area contributed by atoms with Crippen molar-refractivity contribution < 1.29 is 9.47 Å². The first-order valence-corrected chi connectivity index (χ1v) is 10.6. The van der Waals surface area contributed by atoms with E-state index in [0.717, 1.165) is 42.5 Å². The van der Waals surface area contributed by atoms with E-state index in [1.165, 1.54) is 0 Å². The summed E-state index contributed by atoms with van der Waals surface area (Å²) in [5.74, 6) is 0.763. The maximum atomic E-state index is 6.04. The number of rotatable bonds is 10. The van der Waals surface area contributed by atoms with Crippen LogP contribution in [0.25, 0.3) is 0 Å². The summed E-state index contributed by atoms with van der Waals surface area (Å²) in [4.78, 5) is 4.76. The molecule has 2 aromatic rings. The summed E-state index contributed by atoms with van der Waals surface area (Å²) in [5, 5.41) is 11.7. The molecule has 0 spiro atoms. The average molecular weight is 420 g/mol. The Bertz CT molecular complexity index is 730. The average Bonchev–Trinajstić information content (AvgIpc) is 3.43. The highest BCUT2D eigenvalue weighted by Crippen LogP contribution is 2.20. The lowest BCUT2D eigenvalue weighted by atomic mass is 10.1. The van der Waals surface area contributed by atoms with Gasteiger partial charge in [-0.05, 0) is 43.5 Å².